The van der Waals surface area contributed by atoms with Gasteiger partial charge in [0.1, 0.15) is 5.75 Å². The third-order valence-electron chi connectivity index (χ3n) is 4.30. The molecule has 0 aliphatic heterocycles. The van der Waals surface area contributed by atoms with Gasteiger partial charge in [0.2, 0.25) is 11.7 Å². The number of thioether (sulfide) groups is 1. The van der Waals surface area contributed by atoms with E-state index in [0.29, 0.717) is 42.1 Å². The first-order valence-corrected chi connectivity index (χ1v) is 10.8. The molecule has 0 N–H and O–H groups in total. The molecule has 31 heavy (non-hydrogen) atoms. The van der Waals surface area contributed by atoms with Crippen LogP contribution in [0.25, 0.3) is 11.6 Å². The van der Waals surface area contributed by atoms with E-state index in [1.165, 1.54) is 11.8 Å². The average Bonchev–Trinajstić information content (AvgIpc) is 3.44. The van der Waals surface area contributed by atoms with Crippen molar-refractivity contribution in [2.45, 2.75) is 25.0 Å². The standard InChI is InChI=1S/C22H23N5O3S/c1-3-13-27-21(19-7-5-15-30-19)24-25-22(27)31-16-20(28)26(14-6-12-23)17-8-10-18(11-9-17)29-4-2/h3,5,7-11,15H,1,4,6,13-14,16H2,2H3. The molecule has 0 saturated carbocycles. The van der Waals surface area contributed by atoms with Gasteiger partial charge in [-0.15, -0.1) is 16.8 Å². The molecular weight excluding hydrogens is 414 g/mol. The van der Waals surface area contributed by atoms with Gasteiger partial charge in [0.05, 0.1) is 31.1 Å². The summed E-state index contributed by atoms with van der Waals surface area (Å²) in [5.41, 5.74) is 0.716. The second-order valence-electron chi connectivity index (χ2n) is 6.35. The van der Waals surface area contributed by atoms with Crippen LogP contribution in [0.5, 0.6) is 5.75 Å². The normalized spacial score (nSPS) is 10.5. The zero-order valence-corrected chi connectivity index (χ0v) is 18.0. The number of carbonyl (C=O) groups is 1. The maximum atomic E-state index is 13.0. The highest BCUT2D eigenvalue weighted by molar-refractivity contribution is 7.99. The molecule has 1 amide bonds. The molecule has 2 heterocycles. The number of anilines is 1. The summed E-state index contributed by atoms with van der Waals surface area (Å²) in [5.74, 6) is 1.92. The molecule has 9 heteroatoms. The summed E-state index contributed by atoms with van der Waals surface area (Å²) >= 11 is 1.28. The Morgan fingerprint density at radius 2 is 2.16 bits per heavy atom. The summed E-state index contributed by atoms with van der Waals surface area (Å²) in [7, 11) is 0. The highest BCUT2D eigenvalue weighted by Gasteiger charge is 2.20. The minimum Gasteiger partial charge on any atom is -0.494 e. The Kier molecular flexibility index (Phi) is 7.90. The molecule has 0 atom stereocenters. The average molecular weight is 438 g/mol. The third kappa shape index (κ3) is 5.55. The number of carbonyl (C=O) groups excluding carboxylic acids is 1. The van der Waals surface area contributed by atoms with Crippen LogP contribution in [0.15, 0.2) is 64.9 Å². The predicted octanol–water partition coefficient (Wildman–Crippen LogP) is 4.16. The van der Waals surface area contributed by atoms with E-state index >= 15 is 0 Å². The summed E-state index contributed by atoms with van der Waals surface area (Å²) in [6.45, 7) is 7.05. The van der Waals surface area contributed by atoms with Crippen LogP contribution in [0.2, 0.25) is 0 Å². The highest BCUT2D eigenvalue weighted by Crippen LogP contribution is 2.26. The first kappa shape index (κ1) is 22.2. The maximum Gasteiger partial charge on any atom is 0.237 e. The van der Waals surface area contributed by atoms with Crippen molar-refractivity contribution in [3.8, 4) is 23.4 Å². The van der Waals surface area contributed by atoms with Crippen molar-refractivity contribution in [2.24, 2.45) is 0 Å². The number of benzene rings is 1. The van der Waals surface area contributed by atoms with Gasteiger partial charge in [-0.2, -0.15) is 5.26 Å². The van der Waals surface area contributed by atoms with E-state index in [0.717, 1.165) is 5.75 Å². The van der Waals surface area contributed by atoms with Crippen molar-refractivity contribution < 1.29 is 13.9 Å². The van der Waals surface area contributed by atoms with Gasteiger partial charge < -0.3 is 14.1 Å². The zero-order valence-electron chi connectivity index (χ0n) is 17.2. The summed E-state index contributed by atoms with van der Waals surface area (Å²) in [5, 5.41) is 18.0. The monoisotopic (exact) mass is 437 g/mol. The van der Waals surface area contributed by atoms with Crippen molar-refractivity contribution in [2.75, 3.05) is 23.8 Å². The van der Waals surface area contributed by atoms with Crippen molar-refractivity contribution in [3.63, 3.8) is 0 Å². The van der Waals surface area contributed by atoms with E-state index in [1.807, 2.05) is 35.8 Å². The fraction of sp³-hybridized carbons (Fsp3) is 0.273. The number of furan rings is 1. The zero-order chi connectivity index (χ0) is 22.1. The molecule has 0 unspecified atom stereocenters. The summed E-state index contributed by atoms with van der Waals surface area (Å²) in [6, 6.07) is 13.0. The first-order valence-electron chi connectivity index (χ1n) is 9.78. The number of aromatic nitrogens is 3. The Hall–Kier alpha value is -3.51. The number of rotatable bonds is 11. The molecule has 0 aliphatic rings. The molecule has 3 aromatic rings. The molecule has 3 rings (SSSR count). The van der Waals surface area contributed by atoms with Crippen LogP contribution in [-0.4, -0.2) is 39.6 Å². The van der Waals surface area contributed by atoms with Gasteiger partial charge in [-0.25, -0.2) is 0 Å². The molecule has 160 valence electrons. The van der Waals surface area contributed by atoms with Crippen LogP contribution >= 0.6 is 11.8 Å². The molecule has 0 bridgehead atoms. The smallest absolute Gasteiger partial charge is 0.237 e. The Morgan fingerprint density at radius 1 is 1.35 bits per heavy atom. The van der Waals surface area contributed by atoms with Crippen molar-refractivity contribution >= 4 is 23.4 Å². The predicted molar refractivity (Wildman–Crippen MR) is 119 cm³/mol. The lowest BCUT2D eigenvalue weighted by molar-refractivity contribution is -0.116. The van der Waals surface area contributed by atoms with Crippen LogP contribution in [0.1, 0.15) is 13.3 Å². The SMILES string of the molecule is C=CCn1c(SCC(=O)N(CCC#N)c2ccc(OCC)cc2)nnc1-c1ccco1. The maximum absolute atomic E-state index is 13.0. The van der Waals surface area contributed by atoms with Gasteiger partial charge in [0, 0.05) is 18.8 Å². The Balaban J connectivity index is 1.75. The van der Waals surface area contributed by atoms with E-state index in [4.69, 9.17) is 14.4 Å². The molecule has 0 spiro atoms. The number of amides is 1. The quantitative estimate of drug-likeness (QED) is 0.328. The van der Waals surface area contributed by atoms with Gasteiger partial charge in [0.25, 0.3) is 0 Å². The van der Waals surface area contributed by atoms with E-state index in [-0.39, 0.29) is 18.1 Å². The number of allylic oxidation sites excluding steroid dienone is 1. The van der Waals surface area contributed by atoms with Crippen LogP contribution in [0.3, 0.4) is 0 Å². The Labute approximate surface area is 185 Å². The Bertz CT molecular complexity index is 1040. The van der Waals surface area contributed by atoms with E-state index in [2.05, 4.69) is 22.8 Å². The number of hydrogen-bond donors (Lipinski definition) is 0. The van der Waals surface area contributed by atoms with Gasteiger partial charge in [-0.1, -0.05) is 17.8 Å². The lowest BCUT2D eigenvalue weighted by Crippen LogP contribution is -2.33. The molecule has 0 fully saturated rings. The second kappa shape index (κ2) is 11.0. The minimum absolute atomic E-state index is 0.128. The lowest BCUT2D eigenvalue weighted by atomic mass is 10.2. The summed E-state index contributed by atoms with van der Waals surface area (Å²) < 4.78 is 12.7. The highest BCUT2D eigenvalue weighted by atomic mass is 32.2. The first-order chi connectivity index (χ1) is 15.2. The van der Waals surface area contributed by atoms with E-state index in [1.54, 1.807) is 29.4 Å². The molecule has 1 aromatic carbocycles. The van der Waals surface area contributed by atoms with E-state index in [9.17, 15) is 4.79 Å². The summed E-state index contributed by atoms with van der Waals surface area (Å²) in [4.78, 5) is 14.6. The van der Waals surface area contributed by atoms with Gasteiger partial charge in [0.15, 0.2) is 10.9 Å². The second-order valence-corrected chi connectivity index (χ2v) is 7.29. The van der Waals surface area contributed by atoms with E-state index < -0.39 is 0 Å². The fourth-order valence-corrected chi connectivity index (χ4v) is 3.75. The van der Waals surface area contributed by atoms with Crippen molar-refractivity contribution in [3.05, 3.63) is 55.3 Å². The third-order valence-corrected chi connectivity index (χ3v) is 5.25. The molecule has 0 aliphatic carbocycles. The molecule has 0 radical (unpaired) electrons. The minimum atomic E-state index is -0.128. The largest absolute Gasteiger partial charge is 0.494 e. The van der Waals surface area contributed by atoms with Gasteiger partial charge in [-0.3, -0.25) is 9.36 Å². The molecule has 0 saturated heterocycles. The Morgan fingerprint density at radius 3 is 2.81 bits per heavy atom. The molecular formula is C22H23N5O3S. The topological polar surface area (TPSA) is 97.2 Å². The number of ether oxygens (including phenoxy) is 1. The molecule has 8 nitrogen and oxygen atoms in total. The summed E-state index contributed by atoms with van der Waals surface area (Å²) in [6.07, 6.45) is 3.54. The van der Waals surface area contributed by atoms with Crippen LogP contribution in [0, 0.1) is 11.3 Å². The van der Waals surface area contributed by atoms with Crippen molar-refractivity contribution in [1.82, 2.24) is 14.8 Å². The van der Waals surface area contributed by atoms with Gasteiger partial charge in [-0.05, 0) is 43.3 Å². The van der Waals surface area contributed by atoms with Crippen molar-refractivity contribution in [1.29, 1.82) is 5.26 Å². The molecule has 2 aromatic heterocycles. The number of nitriles is 1. The fourth-order valence-electron chi connectivity index (χ4n) is 2.93. The van der Waals surface area contributed by atoms with Crippen LogP contribution in [0.4, 0.5) is 5.69 Å². The van der Waals surface area contributed by atoms with Gasteiger partial charge >= 0.3 is 0 Å². The number of nitrogens with zero attached hydrogens (tertiary/aromatic N) is 5. The number of hydrogen-bond acceptors (Lipinski definition) is 7. The lowest BCUT2D eigenvalue weighted by Gasteiger charge is -2.22. The van der Waals surface area contributed by atoms with Crippen LogP contribution < -0.4 is 9.64 Å². The van der Waals surface area contributed by atoms with Crippen LogP contribution in [-0.2, 0) is 11.3 Å².